The van der Waals surface area contributed by atoms with Crippen LogP contribution in [0.15, 0.2) is 18.2 Å². The fourth-order valence-electron chi connectivity index (χ4n) is 1.71. The molecule has 0 aliphatic heterocycles. The number of carbonyl (C=O) groups is 1. The Labute approximate surface area is 114 Å². The minimum Gasteiger partial charge on any atom is -0.490 e. The highest BCUT2D eigenvalue weighted by Crippen LogP contribution is 2.32. The van der Waals surface area contributed by atoms with Crippen LogP contribution in [-0.4, -0.2) is 24.7 Å². The van der Waals surface area contributed by atoms with E-state index >= 15 is 0 Å². The van der Waals surface area contributed by atoms with Gasteiger partial charge < -0.3 is 14.8 Å². The molecule has 1 N–H and O–H groups in total. The summed E-state index contributed by atoms with van der Waals surface area (Å²) in [5.74, 6) is 1.15. The van der Waals surface area contributed by atoms with Crippen molar-refractivity contribution in [2.75, 3.05) is 7.05 Å². The largest absolute Gasteiger partial charge is 0.490 e. The van der Waals surface area contributed by atoms with Crippen LogP contribution in [0.1, 0.15) is 44.0 Å². The number of ether oxygens (including phenoxy) is 2. The van der Waals surface area contributed by atoms with E-state index in [1.165, 1.54) is 0 Å². The molecule has 1 amide bonds. The molecule has 0 bridgehead atoms. The van der Waals surface area contributed by atoms with Crippen molar-refractivity contribution in [3.8, 4) is 11.5 Å². The van der Waals surface area contributed by atoms with Crippen molar-refractivity contribution in [1.29, 1.82) is 0 Å². The first-order valence-electron chi connectivity index (χ1n) is 6.61. The lowest BCUT2D eigenvalue weighted by atomic mass is 10.1. The molecule has 0 atom stereocenters. The van der Waals surface area contributed by atoms with Crippen LogP contribution >= 0.6 is 0 Å². The van der Waals surface area contributed by atoms with Crippen LogP contribution < -0.4 is 14.8 Å². The Hall–Kier alpha value is -1.71. The SMILES string of the molecule is CNC(=O)c1cc(OC(C)(C)C)ccc1OC1CC1. The van der Waals surface area contributed by atoms with E-state index in [1.807, 2.05) is 32.9 Å². The number of hydrogen-bond donors (Lipinski definition) is 1. The lowest BCUT2D eigenvalue weighted by Gasteiger charge is -2.22. The standard InChI is InChI=1S/C15H21NO3/c1-15(2,3)19-11-7-8-13(18-10-5-6-10)12(9-11)14(17)16-4/h7-10H,5-6H2,1-4H3,(H,16,17). The van der Waals surface area contributed by atoms with Gasteiger partial charge >= 0.3 is 0 Å². The number of nitrogens with one attached hydrogen (secondary N) is 1. The highest BCUT2D eigenvalue weighted by atomic mass is 16.5. The van der Waals surface area contributed by atoms with Crippen LogP contribution in [-0.2, 0) is 0 Å². The summed E-state index contributed by atoms with van der Waals surface area (Å²) in [7, 11) is 1.61. The summed E-state index contributed by atoms with van der Waals surface area (Å²) >= 11 is 0. The summed E-state index contributed by atoms with van der Waals surface area (Å²) in [6.07, 6.45) is 2.39. The molecule has 0 radical (unpaired) electrons. The first-order valence-corrected chi connectivity index (χ1v) is 6.61. The van der Waals surface area contributed by atoms with Gasteiger partial charge in [0.25, 0.3) is 5.91 Å². The van der Waals surface area contributed by atoms with Gasteiger partial charge in [0, 0.05) is 7.05 Å². The molecule has 1 aliphatic carbocycles. The minimum absolute atomic E-state index is 0.157. The number of benzene rings is 1. The van der Waals surface area contributed by atoms with E-state index in [1.54, 1.807) is 13.1 Å². The predicted octanol–water partition coefficient (Wildman–Crippen LogP) is 2.76. The molecule has 0 heterocycles. The van der Waals surface area contributed by atoms with E-state index in [9.17, 15) is 4.79 Å². The molecule has 1 aliphatic rings. The molecule has 0 saturated heterocycles. The van der Waals surface area contributed by atoms with Gasteiger partial charge in [-0.1, -0.05) is 0 Å². The number of carbonyl (C=O) groups excluding carboxylic acids is 1. The number of hydrogen-bond acceptors (Lipinski definition) is 3. The zero-order valence-electron chi connectivity index (χ0n) is 11.9. The van der Waals surface area contributed by atoms with Gasteiger partial charge in [-0.2, -0.15) is 0 Å². The lowest BCUT2D eigenvalue weighted by molar-refractivity contribution is 0.0955. The normalized spacial score (nSPS) is 14.9. The van der Waals surface area contributed by atoms with Crippen molar-refractivity contribution >= 4 is 5.91 Å². The fraction of sp³-hybridized carbons (Fsp3) is 0.533. The Bertz CT molecular complexity index is 473. The van der Waals surface area contributed by atoms with Crippen LogP contribution in [0.3, 0.4) is 0 Å². The number of rotatable bonds is 4. The smallest absolute Gasteiger partial charge is 0.254 e. The average Bonchev–Trinajstić information content (AvgIpc) is 3.12. The first-order chi connectivity index (χ1) is 8.89. The maximum absolute atomic E-state index is 11.9. The predicted molar refractivity (Wildman–Crippen MR) is 73.9 cm³/mol. The highest BCUT2D eigenvalue weighted by molar-refractivity contribution is 5.97. The van der Waals surface area contributed by atoms with Crippen LogP contribution in [0.25, 0.3) is 0 Å². The molecule has 4 heteroatoms. The minimum atomic E-state index is -0.293. The maximum Gasteiger partial charge on any atom is 0.254 e. The van der Waals surface area contributed by atoms with Crippen LogP contribution in [0.5, 0.6) is 11.5 Å². The Morgan fingerprint density at radius 1 is 1.32 bits per heavy atom. The highest BCUT2D eigenvalue weighted by Gasteiger charge is 2.26. The van der Waals surface area contributed by atoms with Crippen LogP contribution in [0, 0.1) is 0 Å². The molecule has 19 heavy (non-hydrogen) atoms. The Kier molecular flexibility index (Phi) is 3.69. The van der Waals surface area contributed by atoms with Crippen molar-refractivity contribution in [3.63, 3.8) is 0 Å². The van der Waals surface area contributed by atoms with Gasteiger partial charge in [-0.3, -0.25) is 4.79 Å². The Morgan fingerprint density at radius 2 is 2.00 bits per heavy atom. The van der Waals surface area contributed by atoms with Crippen molar-refractivity contribution < 1.29 is 14.3 Å². The summed E-state index contributed by atoms with van der Waals surface area (Å²) in [6.45, 7) is 5.92. The number of amides is 1. The van der Waals surface area contributed by atoms with Gasteiger partial charge in [-0.05, 0) is 51.8 Å². The summed E-state index contributed by atoms with van der Waals surface area (Å²) < 4.78 is 11.5. The van der Waals surface area contributed by atoms with E-state index in [0.717, 1.165) is 12.8 Å². The second kappa shape index (κ2) is 5.11. The van der Waals surface area contributed by atoms with E-state index in [0.29, 0.717) is 17.1 Å². The third-order valence-electron chi connectivity index (χ3n) is 2.66. The summed E-state index contributed by atoms with van der Waals surface area (Å²) in [5.41, 5.74) is 0.231. The molecule has 1 aromatic carbocycles. The maximum atomic E-state index is 11.9. The average molecular weight is 263 g/mol. The van der Waals surface area contributed by atoms with Gasteiger partial charge in [0.1, 0.15) is 17.1 Å². The third kappa shape index (κ3) is 3.88. The summed E-state index contributed by atoms with van der Waals surface area (Å²) in [4.78, 5) is 11.9. The first kappa shape index (κ1) is 13.7. The van der Waals surface area contributed by atoms with Gasteiger partial charge in [-0.15, -0.1) is 0 Å². The second-order valence-corrected chi connectivity index (χ2v) is 5.77. The molecule has 1 fully saturated rings. The second-order valence-electron chi connectivity index (χ2n) is 5.77. The van der Waals surface area contributed by atoms with Crippen molar-refractivity contribution in [2.24, 2.45) is 0 Å². The molecule has 0 aromatic heterocycles. The molecule has 1 aromatic rings. The molecular weight excluding hydrogens is 242 g/mol. The molecule has 1 saturated carbocycles. The lowest BCUT2D eigenvalue weighted by Crippen LogP contribution is -2.24. The van der Waals surface area contributed by atoms with E-state index in [-0.39, 0.29) is 17.6 Å². The van der Waals surface area contributed by atoms with Crippen molar-refractivity contribution in [2.45, 2.75) is 45.3 Å². The van der Waals surface area contributed by atoms with Crippen LogP contribution in [0.4, 0.5) is 0 Å². The molecule has 0 spiro atoms. The van der Waals surface area contributed by atoms with Gasteiger partial charge in [0.2, 0.25) is 0 Å². The fourth-order valence-corrected chi connectivity index (χ4v) is 1.71. The van der Waals surface area contributed by atoms with Crippen molar-refractivity contribution in [3.05, 3.63) is 23.8 Å². The quantitative estimate of drug-likeness (QED) is 0.908. The Morgan fingerprint density at radius 3 is 2.53 bits per heavy atom. The summed E-state index contributed by atoms with van der Waals surface area (Å²) in [5, 5.41) is 2.63. The Balaban J connectivity index is 2.26. The van der Waals surface area contributed by atoms with Gasteiger partial charge in [0.15, 0.2) is 0 Å². The van der Waals surface area contributed by atoms with Gasteiger partial charge in [0.05, 0.1) is 11.7 Å². The van der Waals surface area contributed by atoms with Crippen LogP contribution in [0.2, 0.25) is 0 Å². The molecule has 2 rings (SSSR count). The third-order valence-corrected chi connectivity index (χ3v) is 2.66. The zero-order valence-corrected chi connectivity index (χ0v) is 11.9. The molecule has 0 unspecified atom stereocenters. The monoisotopic (exact) mass is 263 g/mol. The topological polar surface area (TPSA) is 47.6 Å². The van der Waals surface area contributed by atoms with Crippen molar-refractivity contribution in [1.82, 2.24) is 5.32 Å². The van der Waals surface area contributed by atoms with E-state index in [2.05, 4.69) is 5.32 Å². The zero-order chi connectivity index (χ0) is 14.0. The van der Waals surface area contributed by atoms with E-state index < -0.39 is 0 Å². The van der Waals surface area contributed by atoms with E-state index in [4.69, 9.17) is 9.47 Å². The molecule has 104 valence electrons. The summed E-state index contributed by atoms with van der Waals surface area (Å²) in [6, 6.07) is 5.39. The van der Waals surface area contributed by atoms with Gasteiger partial charge in [-0.25, -0.2) is 0 Å². The molecule has 4 nitrogen and oxygen atoms in total. The molecular formula is C15H21NO3.